The van der Waals surface area contributed by atoms with Crippen LogP contribution in [0.25, 0.3) is 0 Å². The first kappa shape index (κ1) is 15.0. The molecule has 0 aromatic carbocycles. The van der Waals surface area contributed by atoms with Gasteiger partial charge in [0.25, 0.3) is 0 Å². The van der Waals surface area contributed by atoms with Crippen molar-refractivity contribution in [3.63, 3.8) is 0 Å². The van der Waals surface area contributed by atoms with E-state index in [0.717, 1.165) is 13.0 Å². The van der Waals surface area contributed by atoms with Crippen LogP contribution in [0.4, 0.5) is 0 Å². The zero-order valence-electron chi connectivity index (χ0n) is 12.3. The second-order valence-corrected chi connectivity index (χ2v) is 5.35. The minimum Gasteiger partial charge on any atom is -0.299 e. The van der Waals surface area contributed by atoms with Crippen molar-refractivity contribution in [3.05, 3.63) is 48.6 Å². The van der Waals surface area contributed by atoms with E-state index in [2.05, 4.69) is 58.0 Å². The Labute approximate surface area is 113 Å². The molecule has 1 rings (SSSR count). The molecule has 1 aliphatic rings. The van der Waals surface area contributed by atoms with Gasteiger partial charge in [-0.15, -0.1) is 0 Å². The highest BCUT2D eigenvalue weighted by Gasteiger charge is 2.30. The molecular weight excluding hydrogens is 218 g/mol. The molecule has 3 atom stereocenters. The Morgan fingerprint density at radius 2 is 1.72 bits per heavy atom. The fraction of sp³-hybridized carbons (Fsp3) is 0.529. The van der Waals surface area contributed by atoms with Crippen LogP contribution in [0.1, 0.15) is 27.2 Å². The molecule has 1 saturated heterocycles. The third-order valence-electron chi connectivity index (χ3n) is 4.13. The zero-order valence-corrected chi connectivity index (χ0v) is 12.3. The van der Waals surface area contributed by atoms with Gasteiger partial charge in [-0.05, 0) is 36.5 Å². The van der Waals surface area contributed by atoms with Gasteiger partial charge in [-0.1, -0.05) is 58.2 Å². The standard InChI is InChI=1S/C17H27N/c1-7-10-15-14(5)13(4)12-18(6)17(9-3)16(15)11-8-2/h7-8,10-11,13-14,17H,1-2,9,12H2,3-6H3/b15-10-,16-11+. The highest BCUT2D eigenvalue weighted by molar-refractivity contribution is 5.42. The Hall–Kier alpha value is -1.08. The van der Waals surface area contributed by atoms with Crippen LogP contribution < -0.4 is 0 Å². The Bertz CT molecular complexity index is 362. The van der Waals surface area contributed by atoms with Gasteiger partial charge in [0, 0.05) is 12.6 Å². The van der Waals surface area contributed by atoms with Crippen LogP contribution >= 0.6 is 0 Å². The Kier molecular flexibility index (Phi) is 5.61. The summed E-state index contributed by atoms with van der Waals surface area (Å²) in [7, 11) is 2.23. The highest BCUT2D eigenvalue weighted by Crippen LogP contribution is 2.35. The van der Waals surface area contributed by atoms with Crippen LogP contribution in [-0.4, -0.2) is 24.5 Å². The normalized spacial score (nSPS) is 34.6. The average Bonchev–Trinajstić information content (AvgIpc) is 2.41. The predicted octanol–water partition coefficient (Wildman–Crippen LogP) is 4.21. The number of hydrogen-bond acceptors (Lipinski definition) is 1. The van der Waals surface area contributed by atoms with Gasteiger partial charge in [-0.25, -0.2) is 0 Å². The Morgan fingerprint density at radius 1 is 1.17 bits per heavy atom. The monoisotopic (exact) mass is 245 g/mol. The molecule has 0 aliphatic carbocycles. The average molecular weight is 245 g/mol. The minimum absolute atomic E-state index is 0.488. The molecule has 3 unspecified atom stereocenters. The molecule has 100 valence electrons. The molecule has 0 spiro atoms. The number of likely N-dealkylation sites (tertiary alicyclic amines) is 1. The first-order valence-corrected chi connectivity index (χ1v) is 6.92. The van der Waals surface area contributed by atoms with Crippen LogP contribution in [0, 0.1) is 11.8 Å². The lowest BCUT2D eigenvalue weighted by molar-refractivity contribution is 0.233. The van der Waals surface area contributed by atoms with Crippen molar-refractivity contribution < 1.29 is 0 Å². The van der Waals surface area contributed by atoms with E-state index in [1.54, 1.807) is 0 Å². The van der Waals surface area contributed by atoms with Crippen molar-refractivity contribution in [2.24, 2.45) is 11.8 Å². The Balaban J connectivity index is 3.32. The summed E-state index contributed by atoms with van der Waals surface area (Å²) in [6.07, 6.45) is 9.30. The SMILES string of the molecule is C=C/C=C1\C(=C/C=C)C(CC)N(C)CC(C)C1C. The lowest BCUT2D eigenvalue weighted by Gasteiger charge is -2.27. The molecule has 0 radical (unpaired) electrons. The summed E-state index contributed by atoms with van der Waals surface area (Å²) >= 11 is 0. The van der Waals surface area contributed by atoms with E-state index >= 15 is 0 Å². The van der Waals surface area contributed by atoms with Crippen molar-refractivity contribution in [2.75, 3.05) is 13.6 Å². The maximum atomic E-state index is 3.87. The molecule has 1 fully saturated rings. The quantitative estimate of drug-likeness (QED) is 0.720. The molecule has 0 saturated carbocycles. The molecule has 0 aromatic heterocycles. The van der Waals surface area contributed by atoms with Crippen LogP contribution in [-0.2, 0) is 0 Å². The van der Waals surface area contributed by atoms with Crippen LogP contribution in [0.5, 0.6) is 0 Å². The summed E-state index contributed by atoms with van der Waals surface area (Å²) in [5.74, 6) is 1.22. The van der Waals surface area contributed by atoms with Gasteiger partial charge in [0.05, 0.1) is 0 Å². The molecule has 0 amide bonds. The van der Waals surface area contributed by atoms with E-state index in [9.17, 15) is 0 Å². The van der Waals surface area contributed by atoms with Gasteiger partial charge in [-0.3, -0.25) is 4.90 Å². The minimum atomic E-state index is 0.488. The summed E-state index contributed by atoms with van der Waals surface area (Å²) in [6, 6.07) is 0.488. The molecule has 0 bridgehead atoms. The molecule has 1 nitrogen and oxygen atoms in total. The van der Waals surface area contributed by atoms with Crippen molar-refractivity contribution >= 4 is 0 Å². The second kappa shape index (κ2) is 6.75. The van der Waals surface area contributed by atoms with Gasteiger partial charge < -0.3 is 0 Å². The highest BCUT2D eigenvalue weighted by atomic mass is 15.1. The summed E-state index contributed by atoms with van der Waals surface area (Å²) in [6.45, 7) is 15.8. The first-order valence-electron chi connectivity index (χ1n) is 6.92. The lowest BCUT2D eigenvalue weighted by atomic mass is 9.83. The third-order valence-corrected chi connectivity index (χ3v) is 4.13. The molecule has 18 heavy (non-hydrogen) atoms. The van der Waals surface area contributed by atoms with E-state index in [-0.39, 0.29) is 0 Å². The fourth-order valence-electron chi connectivity index (χ4n) is 2.98. The zero-order chi connectivity index (χ0) is 13.7. The van der Waals surface area contributed by atoms with Crippen molar-refractivity contribution in [2.45, 2.75) is 33.2 Å². The van der Waals surface area contributed by atoms with Crippen LogP contribution in [0.15, 0.2) is 48.6 Å². The molecule has 1 heteroatoms. The topological polar surface area (TPSA) is 3.24 Å². The molecule has 0 N–H and O–H groups in total. The van der Waals surface area contributed by atoms with Gasteiger partial charge in [0.15, 0.2) is 0 Å². The smallest absolute Gasteiger partial charge is 0.0345 e. The van der Waals surface area contributed by atoms with E-state index in [0.29, 0.717) is 17.9 Å². The predicted molar refractivity (Wildman–Crippen MR) is 81.6 cm³/mol. The van der Waals surface area contributed by atoms with Gasteiger partial charge in [-0.2, -0.15) is 0 Å². The van der Waals surface area contributed by atoms with Gasteiger partial charge in [0.2, 0.25) is 0 Å². The number of hydrogen-bond donors (Lipinski definition) is 0. The van der Waals surface area contributed by atoms with Crippen LogP contribution in [0.2, 0.25) is 0 Å². The van der Waals surface area contributed by atoms with E-state index < -0.39 is 0 Å². The molecule has 0 aromatic rings. The second-order valence-electron chi connectivity index (χ2n) is 5.35. The van der Waals surface area contributed by atoms with Gasteiger partial charge >= 0.3 is 0 Å². The lowest BCUT2D eigenvalue weighted by Crippen LogP contribution is -2.33. The van der Waals surface area contributed by atoms with Crippen molar-refractivity contribution in [1.29, 1.82) is 0 Å². The summed E-state index contributed by atoms with van der Waals surface area (Å²) in [4.78, 5) is 2.47. The maximum absolute atomic E-state index is 3.87. The van der Waals surface area contributed by atoms with E-state index in [1.165, 1.54) is 11.1 Å². The molecule has 1 heterocycles. The number of nitrogens with zero attached hydrogens (tertiary/aromatic N) is 1. The van der Waals surface area contributed by atoms with Gasteiger partial charge in [0.1, 0.15) is 0 Å². The molecular formula is C17H27N. The largest absolute Gasteiger partial charge is 0.299 e. The van der Waals surface area contributed by atoms with E-state index in [1.807, 2.05) is 12.2 Å². The summed E-state index contributed by atoms with van der Waals surface area (Å²) in [5.41, 5.74) is 2.83. The maximum Gasteiger partial charge on any atom is 0.0345 e. The Morgan fingerprint density at radius 3 is 2.22 bits per heavy atom. The summed E-state index contributed by atoms with van der Waals surface area (Å²) < 4.78 is 0. The van der Waals surface area contributed by atoms with E-state index in [4.69, 9.17) is 0 Å². The third kappa shape index (κ3) is 3.02. The van der Waals surface area contributed by atoms with Crippen LogP contribution in [0.3, 0.4) is 0 Å². The number of allylic oxidation sites excluding steroid dienone is 4. The number of rotatable bonds is 3. The fourth-order valence-corrected chi connectivity index (χ4v) is 2.98. The molecule has 1 aliphatic heterocycles. The summed E-state index contributed by atoms with van der Waals surface area (Å²) in [5, 5.41) is 0. The van der Waals surface area contributed by atoms with Crippen molar-refractivity contribution in [1.82, 2.24) is 4.90 Å². The first-order chi connectivity index (χ1) is 8.56. The number of likely N-dealkylation sites (N-methyl/N-ethyl adjacent to an activating group) is 1. The van der Waals surface area contributed by atoms with Crippen molar-refractivity contribution in [3.8, 4) is 0 Å².